The average Bonchev–Trinajstić information content (AvgIpc) is 2.96. The van der Waals surface area contributed by atoms with Crippen LogP contribution < -0.4 is 0 Å². The number of benzene rings is 1. The summed E-state index contributed by atoms with van der Waals surface area (Å²) in [5.74, 6) is 0.480. The van der Waals surface area contributed by atoms with E-state index < -0.39 is 0 Å². The first kappa shape index (κ1) is 16.5. The molecule has 0 amide bonds. The van der Waals surface area contributed by atoms with Crippen molar-refractivity contribution < 1.29 is 0 Å². The van der Waals surface area contributed by atoms with Gasteiger partial charge in [-0.15, -0.1) is 22.9 Å². The van der Waals surface area contributed by atoms with Crippen molar-refractivity contribution in [2.24, 2.45) is 0 Å². The van der Waals surface area contributed by atoms with Crippen LogP contribution in [0.2, 0.25) is 0 Å². The minimum atomic E-state index is 0.480. The number of thiazole rings is 1. The highest BCUT2D eigenvalue weighted by atomic mass is 35.5. The molecule has 0 saturated carbocycles. The predicted molar refractivity (Wildman–Crippen MR) is 92.9 cm³/mol. The molecule has 1 heterocycles. The summed E-state index contributed by atoms with van der Waals surface area (Å²) in [4.78, 5) is 7.07. The molecule has 0 fully saturated rings. The second kappa shape index (κ2) is 7.92. The van der Waals surface area contributed by atoms with E-state index in [4.69, 9.17) is 11.6 Å². The SMILES string of the molecule is CCCN(Cc1cccc(-c2nc(CCl)cs2)c1)C(C)C. The summed E-state index contributed by atoms with van der Waals surface area (Å²) in [5, 5.41) is 3.09. The molecule has 0 aliphatic carbocycles. The van der Waals surface area contributed by atoms with Crippen LogP contribution in [0.5, 0.6) is 0 Å². The van der Waals surface area contributed by atoms with Crippen molar-refractivity contribution >= 4 is 22.9 Å². The molecule has 1 aromatic heterocycles. The van der Waals surface area contributed by atoms with Gasteiger partial charge in [0.25, 0.3) is 0 Å². The summed E-state index contributed by atoms with van der Waals surface area (Å²) in [6, 6.07) is 9.26. The Morgan fingerprint density at radius 2 is 2.14 bits per heavy atom. The van der Waals surface area contributed by atoms with Crippen LogP contribution in [0.15, 0.2) is 29.6 Å². The van der Waals surface area contributed by atoms with Crippen molar-refractivity contribution in [1.29, 1.82) is 0 Å². The first-order chi connectivity index (χ1) is 10.1. The molecule has 1 aromatic carbocycles. The number of hydrogen-bond donors (Lipinski definition) is 0. The van der Waals surface area contributed by atoms with Crippen molar-refractivity contribution in [3.63, 3.8) is 0 Å². The van der Waals surface area contributed by atoms with Gasteiger partial charge in [-0.25, -0.2) is 4.98 Å². The third-order valence-corrected chi connectivity index (χ3v) is 4.70. The molecular formula is C17H23ClN2S. The lowest BCUT2D eigenvalue weighted by Gasteiger charge is -2.26. The van der Waals surface area contributed by atoms with Crippen molar-refractivity contribution in [3.8, 4) is 10.6 Å². The molecule has 0 unspecified atom stereocenters. The Bertz CT molecular complexity index is 565. The highest BCUT2D eigenvalue weighted by molar-refractivity contribution is 7.13. The van der Waals surface area contributed by atoms with Gasteiger partial charge >= 0.3 is 0 Å². The van der Waals surface area contributed by atoms with E-state index in [1.165, 1.54) is 17.5 Å². The fourth-order valence-corrected chi connectivity index (χ4v) is 3.39. The summed E-state index contributed by atoms with van der Waals surface area (Å²) in [6.07, 6.45) is 1.18. The number of rotatable bonds is 7. The molecule has 0 radical (unpaired) electrons. The van der Waals surface area contributed by atoms with Crippen LogP contribution >= 0.6 is 22.9 Å². The second-order valence-electron chi connectivity index (χ2n) is 5.54. The van der Waals surface area contributed by atoms with Crippen LogP contribution in [0.4, 0.5) is 0 Å². The van der Waals surface area contributed by atoms with Crippen LogP contribution in [-0.4, -0.2) is 22.5 Å². The molecule has 4 heteroatoms. The van der Waals surface area contributed by atoms with Gasteiger partial charge < -0.3 is 0 Å². The van der Waals surface area contributed by atoms with Gasteiger partial charge in [0.1, 0.15) is 5.01 Å². The van der Waals surface area contributed by atoms with E-state index in [1.54, 1.807) is 11.3 Å². The van der Waals surface area contributed by atoms with Crippen LogP contribution in [0.1, 0.15) is 38.4 Å². The third-order valence-electron chi connectivity index (χ3n) is 3.49. The van der Waals surface area contributed by atoms with E-state index in [1.807, 2.05) is 5.38 Å². The molecule has 0 aliphatic rings. The summed E-state index contributed by atoms with van der Waals surface area (Å²) >= 11 is 7.50. The maximum absolute atomic E-state index is 5.83. The van der Waals surface area contributed by atoms with Gasteiger partial charge in [-0.1, -0.05) is 25.1 Å². The molecular weight excluding hydrogens is 300 g/mol. The Labute approximate surface area is 136 Å². The quantitative estimate of drug-likeness (QED) is 0.654. The zero-order valence-corrected chi connectivity index (χ0v) is 14.5. The first-order valence-corrected chi connectivity index (χ1v) is 8.89. The second-order valence-corrected chi connectivity index (χ2v) is 6.67. The lowest BCUT2D eigenvalue weighted by atomic mass is 10.1. The number of hydrogen-bond acceptors (Lipinski definition) is 3. The lowest BCUT2D eigenvalue weighted by molar-refractivity contribution is 0.213. The van der Waals surface area contributed by atoms with Crippen LogP contribution in [0.3, 0.4) is 0 Å². The molecule has 114 valence electrons. The minimum Gasteiger partial charge on any atom is -0.297 e. The van der Waals surface area contributed by atoms with E-state index in [0.717, 1.165) is 23.8 Å². The molecule has 0 bridgehead atoms. The Balaban J connectivity index is 2.17. The molecule has 0 spiro atoms. The zero-order chi connectivity index (χ0) is 15.2. The van der Waals surface area contributed by atoms with Crippen LogP contribution in [-0.2, 0) is 12.4 Å². The minimum absolute atomic E-state index is 0.480. The maximum atomic E-state index is 5.83. The molecule has 2 rings (SSSR count). The fraction of sp³-hybridized carbons (Fsp3) is 0.471. The monoisotopic (exact) mass is 322 g/mol. The molecule has 2 aromatic rings. The van der Waals surface area contributed by atoms with E-state index in [9.17, 15) is 0 Å². The lowest BCUT2D eigenvalue weighted by Crippen LogP contribution is -2.30. The van der Waals surface area contributed by atoms with E-state index in [2.05, 4.69) is 54.9 Å². The Morgan fingerprint density at radius 3 is 2.76 bits per heavy atom. The third kappa shape index (κ3) is 4.53. The van der Waals surface area contributed by atoms with Gasteiger partial charge in [0.2, 0.25) is 0 Å². The Kier molecular flexibility index (Phi) is 6.22. The fourth-order valence-electron chi connectivity index (χ4n) is 2.35. The van der Waals surface area contributed by atoms with Crippen molar-refractivity contribution in [3.05, 3.63) is 40.9 Å². The average molecular weight is 323 g/mol. The van der Waals surface area contributed by atoms with Gasteiger partial charge in [-0.2, -0.15) is 0 Å². The number of alkyl halides is 1. The molecule has 0 aliphatic heterocycles. The molecule has 21 heavy (non-hydrogen) atoms. The van der Waals surface area contributed by atoms with Gasteiger partial charge in [-0.3, -0.25) is 4.90 Å². The number of aromatic nitrogens is 1. The Morgan fingerprint density at radius 1 is 1.33 bits per heavy atom. The molecule has 0 saturated heterocycles. The first-order valence-electron chi connectivity index (χ1n) is 7.47. The standard InChI is InChI=1S/C17H23ClN2S/c1-4-8-20(13(2)3)11-14-6-5-7-15(9-14)17-19-16(10-18)12-21-17/h5-7,9,12-13H,4,8,10-11H2,1-3H3. The maximum Gasteiger partial charge on any atom is 0.123 e. The summed E-state index contributed by atoms with van der Waals surface area (Å²) in [5.41, 5.74) is 3.49. The van der Waals surface area contributed by atoms with Crippen molar-refractivity contribution in [1.82, 2.24) is 9.88 Å². The van der Waals surface area contributed by atoms with Gasteiger partial charge in [-0.05, 0) is 38.4 Å². The highest BCUT2D eigenvalue weighted by Gasteiger charge is 2.10. The van der Waals surface area contributed by atoms with Crippen molar-refractivity contribution in [2.45, 2.75) is 45.7 Å². The summed E-state index contributed by atoms with van der Waals surface area (Å²) in [7, 11) is 0. The smallest absolute Gasteiger partial charge is 0.123 e. The van der Waals surface area contributed by atoms with Crippen LogP contribution in [0, 0.1) is 0 Å². The molecule has 0 N–H and O–H groups in total. The van der Waals surface area contributed by atoms with Crippen molar-refractivity contribution in [2.75, 3.05) is 6.54 Å². The van der Waals surface area contributed by atoms with E-state index in [-0.39, 0.29) is 0 Å². The zero-order valence-electron chi connectivity index (χ0n) is 13.0. The summed E-state index contributed by atoms with van der Waals surface area (Å²) in [6.45, 7) is 8.87. The number of nitrogens with zero attached hydrogens (tertiary/aromatic N) is 2. The topological polar surface area (TPSA) is 16.1 Å². The van der Waals surface area contributed by atoms with Gasteiger partial charge in [0.05, 0.1) is 11.6 Å². The molecule has 0 atom stereocenters. The van der Waals surface area contributed by atoms with Gasteiger partial charge in [0.15, 0.2) is 0 Å². The van der Waals surface area contributed by atoms with Crippen LogP contribution in [0.25, 0.3) is 10.6 Å². The predicted octanol–water partition coefficient (Wildman–Crippen LogP) is 5.17. The normalized spacial score (nSPS) is 11.5. The van der Waals surface area contributed by atoms with E-state index in [0.29, 0.717) is 11.9 Å². The Hall–Kier alpha value is -0.900. The number of halogens is 1. The van der Waals surface area contributed by atoms with Gasteiger partial charge in [0, 0.05) is 23.5 Å². The largest absolute Gasteiger partial charge is 0.297 e. The highest BCUT2D eigenvalue weighted by Crippen LogP contribution is 2.25. The van der Waals surface area contributed by atoms with E-state index >= 15 is 0 Å². The summed E-state index contributed by atoms with van der Waals surface area (Å²) < 4.78 is 0. The molecule has 2 nitrogen and oxygen atoms in total.